The summed E-state index contributed by atoms with van der Waals surface area (Å²) in [6.45, 7) is 1.99. The minimum atomic E-state index is -4.92. The van der Waals surface area contributed by atoms with Crippen LogP contribution in [0.15, 0.2) is 42.5 Å². The van der Waals surface area contributed by atoms with Gasteiger partial charge in [0.25, 0.3) is 0 Å². The Morgan fingerprint density at radius 3 is 2.21 bits per heavy atom. The van der Waals surface area contributed by atoms with Crippen molar-refractivity contribution in [3.8, 4) is 11.8 Å². The van der Waals surface area contributed by atoms with Gasteiger partial charge in [-0.3, -0.25) is 4.90 Å². The molecular formula is C27H27F7N2O2. The zero-order valence-corrected chi connectivity index (χ0v) is 20.3. The van der Waals surface area contributed by atoms with Crippen molar-refractivity contribution in [2.45, 2.75) is 50.0 Å². The molecule has 11 heteroatoms. The lowest BCUT2D eigenvalue weighted by molar-refractivity contribution is -0.208. The zero-order valence-electron chi connectivity index (χ0n) is 20.3. The molecule has 0 bridgehead atoms. The largest absolute Gasteiger partial charge is 0.416 e. The molecule has 4 nitrogen and oxygen atoms in total. The minimum Gasteiger partial charge on any atom is -0.350 e. The van der Waals surface area contributed by atoms with Gasteiger partial charge in [0.1, 0.15) is 5.82 Å². The summed E-state index contributed by atoms with van der Waals surface area (Å²) in [4.78, 5) is 2.01. The van der Waals surface area contributed by atoms with E-state index in [1.807, 2.05) is 4.90 Å². The number of ether oxygens (including phenoxy) is 2. The molecule has 3 atom stereocenters. The Morgan fingerprint density at radius 1 is 0.974 bits per heavy atom. The van der Waals surface area contributed by atoms with Gasteiger partial charge in [-0.1, -0.05) is 18.1 Å². The molecule has 1 unspecified atom stereocenters. The van der Waals surface area contributed by atoms with Crippen molar-refractivity contribution >= 4 is 0 Å². The van der Waals surface area contributed by atoms with E-state index in [4.69, 9.17) is 9.47 Å². The summed E-state index contributed by atoms with van der Waals surface area (Å²) in [6, 6.07) is 7.16. The monoisotopic (exact) mass is 544 g/mol. The van der Waals surface area contributed by atoms with Gasteiger partial charge in [0, 0.05) is 19.0 Å². The maximum absolute atomic E-state index is 13.6. The van der Waals surface area contributed by atoms with E-state index in [-0.39, 0.29) is 31.3 Å². The lowest BCUT2D eigenvalue weighted by Gasteiger charge is -2.40. The van der Waals surface area contributed by atoms with Crippen LogP contribution in [0.5, 0.6) is 0 Å². The lowest BCUT2D eigenvalue weighted by Crippen LogP contribution is -2.46. The Kier molecular flexibility index (Phi) is 8.98. The summed E-state index contributed by atoms with van der Waals surface area (Å²) in [5.41, 5.74) is -2.21. The second-order valence-corrected chi connectivity index (χ2v) is 9.24. The van der Waals surface area contributed by atoms with Gasteiger partial charge >= 0.3 is 12.4 Å². The third-order valence-electron chi connectivity index (χ3n) is 6.53. The molecule has 0 radical (unpaired) electrons. The maximum Gasteiger partial charge on any atom is 0.416 e. The summed E-state index contributed by atoms with van der Waals surface area (Å²) in [5.74, 6) is 5.87. The molecule has 0 amide bonds. The number of hydrogen-bond donors (Lipinski definition) is 1. The summed E-state index contributed by atoms with van der Waals surface area (Å²) in [5, 5.41) is 3.27. The van der Waals surface area contributed by atoms with Gasteiger partial charge in [-0.15, -0.1) is 5.92 Å². The zero-order chi connectivity index (χ0) is 27.3. The first-order valence-corrected chi connectivity index (χ1v) is 12.2. The number of rotatable bonds is 7. The van der Waals surface area contributed by atoms with Crippen molar-refractivity contribution in [1.29, 1.82) is 0 Å². The molecule has 4 rings (SSSR count). The molecule has 0 aliphatic carbocycles. The molecule has 2 heterocycles. The summed E-state index contributed by atoms with van der Waals surface area (Å²) in [6.07, 6.45) is -9.12. The molecule has 1 N–H and O–H groups in total. The van der Waals surface area contributed by atoms with Crippen LogP contribution in [0.1, 0.15) is 41.1 Å². The van der Waals surface area contributed by atoms with Crippen molar-refractivity contribution in [1.82, 2.24) is 10.2 Å². The smallest absolute Gasteiger partial charge is 0.350 e. The lowest BCUT2D eigenvalue weighted by atomic mass is 10.0. The molecule has 2 aliphatic rings. The first-order chi connectivity index (χ1) is 18.0. The van der Waals surface area contributed by atoms with Crippen molar-refractivity contribution in [3.05, 3.63) is 70.5 Å². The van der Waals surface area contributed by atoms with Crippen LogP contribution >= 0.6 is 0 Å². The highest BCUT2D eigenvalue weighted by molar-refractivity contribution is 5.33. The van der Waals surface area contributed by atoms with Gasteiger partial charge in [-0.05, 0) is 60.8 Å². The van der Waals surface area contributed by atoms with E-state index in [1.54, 1.807) is 12.1 Å². The summed E-state index contributed by atoms with van der Waals surface area (Å²) in [7, 11) is 0. The van der Waals surface area contributed by atoms with Crippen molar-refractivity contribution in [3.63, 3.8) is 0 Å². The normalized spacial score (nSPS) is 22.4. The molecule has 206 valence electrons. The van der Waals surface area contributed by atoms with Crippen LogP contribution in [0.4, 0.5) is 30.7 Å². The van der Waals surface area contributed by atoms with E-state index in [0.29, 0.717) is 36.8 Å². The standard InChI is InChI=1S/C27H27F7N2O2/c28-22-6-4-19(5-7-22)24-25(38-14-12-36(24)11-2-1-3-23-8-10-35-23)37-13-9-18-15-20(26(29,30)31)17-21(16-18)27(32,33)34/h4-7,15-17,23-25,35H,3,8-14H2/t23?,24-,25+/m0/s1. The van der Waals surface area contributed by atoms with Crippen LogP contribution < -0.4 is 5.32 Å². The molecule has 0 spiro atoms. The first-order valence-electron chi connectivity index (χ1n) is 12.2. The second-order valence-electron chi connectivity index (χ2n) is 9.24. The molecule has 2 saturated heterocycles. The van der Waals surface area contributed by atoms with E-state index in [2.05, 4.69) is 17.2 Å². The number of morpholine rings is 1. The molecule has 0 aromatic heterocycles. The molecule has 0 saturated carbocycles. The molecule has 2 aromatic carbocycles. The second kappa shape index (κ2) is 12.0. The van der Waals surface area contributed by atoms with Crippen molar-refractivity contribution in [2.24, 2.45) is 0 Å². The fourth-order valence-electron chi connectivity index (χ4n) is 4.37. The summed E-state index contributed by atoms with van der Waals surface area (Å²) < 4.78 is 104. The van der Waals surface area contributed by atoms with Crippen molar-refractivity contribution < 1.29 is 40.2 Å². The molecule has 2 aliphatic heterocycles. The van der Waals surface area contributed by atoms with E-state index >= 15 is 0 Å². The highest BCUT2D eigenvalue weighted by atomic mass is 19.4. The summed E-state index contributed by atoms with van der Waals surface area (Å²) >= 11 is 0. The Hall–Kier alpha value is -2.65. The van der Waals surface area contributed by atoms with E-state index in [0.717, 1.165) is 19.4 Å². The minimum absolute atomic E-state index is 0.0963. The Balaban J connectivity index is 1.47. The SMILES string of the molecule is Fc1ccc([C@H]2[C@H](OCCc3cc(C(F)(F)F)cc(C(F)(F)F)c3)OCCN2CC#CCC2CCN2)cc1. The fourth-order valence-corrected chi connectivity index (χ4v) is 4.37. The highest BCUT2D eigenvalue weighted by Gasteiger charge is 2.37. The van der Waals surface area contributed by atoms with Crippen LogP contribution in [0.3, 0.4) is 0 Å². The van der Waals surface area contributed by atoms with Gasteiger partial charge in [0.15, 0.2) is 6.29 Å². The van der Waals surface area contributed by atoms with Crippen LogP contribution in [0.2, 0.25) is 0 Å². The van der Waals surface area contributed by atoms with Crippen LogP contribution in [-0.2, 0) is 28.2 Å². The van der Waals surface area contributed by atoms with Gasteiger partial charge in [-0.25, -0.2) is 4.39 Å². The van der Waals surface area contributed by atoms with Gasteiger partial charge in [0.05, 0.1) is 36.9 Å². The van der Waals surface area contributed by atoms with Crippen molar-refractivity contribution in [2.75, 3.05) is 32.8 Å². The quantitative estimate of drug-likeness (QED) is 0.365. The molecular weight excluding hydrogens is 517 g/mol. The molecule has 2 aromatic rings. The van der Waals surface area contributed by atoms with Crippen LogP contribution in [0, 0.1) is 17.7 Å². The van der Waals surface area contributed by atoms with Gasteiger partial charge < -0.3 is 14.8 Å². The maximum atomic E-state index is 13.6. The average Bonchev–Trinajstić information content (AvgIpc) is 2.82. The van der Waals surface area contributed by atoms with Crippen LogP contribution in [0.25, 0.3) is 0 Å². The predicted molar refractivity (Wildman–Crippen MR) is 125 cm³/mol. The third kappa shape index (κ3) is 7.47. The number of nitrogens with one attached hydrogen (secondary N) is 1. The van der Waals surface area contributed by atoms with E-state index < -0.39 is 41.6 Å². The van der Waals surface area contributed by atoms with Gasteiger partial charge in [0.2, 0.25) is 0 Å². The molecule has 38 heavy (non-hydrogen) atoms. The number of hydrogen-bond acceptors (Lipinski definition) is 4. The topological polar surface area (TPSA) is 33.7 Å². The average molecular weight is 545 g/mol. The predicted octanol–water partition coefficient (Wildman–Crippen LogP) is 5.58. The third-order valence-corrected chi connectivity index (χ3v) is 6.53. The van der Waals surface area contributed by atoms with Gasteiger partial charge in [-0.2, -0.15) is 26.3 Å². The number of benzene rings is 2. The first kappa shape index (κ1) is 28.4. The molecule has 2 fully saturated rings. The Bertz CT molecular complexity index is 1100. The number of nitrogens with zero attached hydrogens (tertiary/aromatic N) is 1. The fraction of sp³-hybridized carbons (Fsp3) is 0.481. The Morgan fingerprint density at radius 2 is 1.63 bits per heavy atom. The number of halogens is 7. The van der Waals surface area contributed by atoms with E-state index in [9.17, 15) is 30.7 Å². The Labute approximate surface area is 216 Å². The highest BCUT2D eigenvalue weighted by Crippen LogP contribution is 2.37. The van der Waals surface area contributed by atoms with E-state index in [1.165, 1.54) is 12.1 Å². The number of alkyl halides is 6. The van der Waals surface area contributed by atoms with Crippen LogP contribution in [-0.4, -0.2) is 50.1 Å².